The fourth-order valence-electron chi connectivity index (χ4n) is 2.52. The zero-order valence-corrected chi connectivity index (χ0v) is 13.7. The van der Waals surface area contributed by atoms with Crippen LogP contribution in [0.15, 0.2) is 42.5 Å². The van der Waals surface area contributed by atoms with Crippen LogP contribution in [-0.4, -0.2) is 25.2 Å². The van der Waals surface area contributed by atoms with Crippen molar-refractivity contribution in [2.24, 2.45) is 0 Å². The highest BCUT2D eigenvalue weighted by Gasteiger charge is 2.19. The lowest BCUT2D eigenvalue weighted by atomic mass is 10.1. The molecule has 1 atom stereocenters. The van der Waals surface area contributed by atoms with E-state index in [9.17, 15) is 9.18 Å². The topological polar surface area (TPSA) is 47.6 Å². The molecule has 0 bridgehead atoms. The van der Waals surface area contributed by atoms with Crippen molar-refractivity contribution in [2.45, 2.75) is 18.9 Å². The van der Waals surface area contributed by atoms with E-state index in [0.29, 0.717) is 17.9 Å². The van der Waals surface area contributed by atoms with Gasteiger partial charge in [0.15, 0.2) is 0 Å². The van der Waals surface area contributed by atoms with Gasteiger partial charge in [-0.05, 0) is 43.2 Å². The van der Waals surface area contributed by atoms with Gasteiger partial charge in [0.2, 0.25) is 0 Å². The minimum absolute atomic E-state index is 0.0508. The smallest absolute Gasteiger partial charge is 0.259 e. The van der Waals surface area contributed by atoms with Crippen LogP contribution in [0, 0.1) is 5.82 Å². The van der Waals surface area contributed by atoms with E-state index in [1.807, 2.05) is 0 Å². The van der Waals surface area contributed by atoms with E-state index >= 15 is 0 Å². The Bertz CT molecular complexity index is 732. The molecule has 2 aromatic carbocycles. The quantitative estimate of drug-likeness (QED) is 0.876. The summed E-state index contributed by atoms with van der Waals surface area (Å²) in [5, 5.41) is 2.81. The van der Waals surface area contributed by atoms with Crippen LogP contribution in [0.3, 0.4) is 0 Å². The maximum Gasteiger partial charge on any atom is 0.259 e. The number of ether oxygens (including phenoxy) is 2. The summed E-state index contributed by atoms with van der Waals surface area (Å²) in [6.07, 6.45) is 2.02. The van der Waals surface area contributed by atoms with Crippen LogP contribution in [0.5, 0.6) is 5.75 Å². The number of carbonyl (C=O) groups excluding carboxylic acids is 1. The first kappa shape index (κ1) is 16.7. The molecule has 4 nitrogen and oxygen atoms in total. The molecule has 1 N–H and O–H groups in total. The fraction of sp³-hybridized carbons (Fsp3) is 0.278. The first-order valence-corrected chi connectivity index (χ1v) is 8.11. The number of carbonyl (C=O) groups is 1. The maximum absolute atomic E-state index is 13.8. The number of hydrogen-bond acceptors (Lipinski definition) is 3. The lowest BCUT2D eigenvalue weighted by Gasteiger charge is -2.14. The number of rotatable bonds is 5. The lowest BCUT2D eigenvalue weighted by molar-refractivity contribution is 0.0673. The molecule has 6 heteroatoms. The molecular weight excluding hydrogens is 333 g/mol. The van der Waals surface area contributed by atoms with Gasteiger partial charge >= 0.3 is 0 Å². The van der Waals surface area contributed by atoms with Crippen molar-refractivity contribution in [3.05, 3.63) is 58.9 Å². The number of halogens is 2. The first-order valence-electron chi connectivity index (χ1n) is 7.73. The van der Waals surface area contributed by atoms with Crippen LogP contribution in [0.4, 0.5) is 10.1 Å². The number of nitrogens with one attached hydrogen (secondary N) is 1. The van der Waals surface area contributed by atoms with Gasteiger partial charge in [0.05, 0.1) is 17.4 Å². The van der Waals surface area contributed by atoms with Crippen molar-refractivity contribution in [2.75, 3.05) is 18.5 Å². The molecule has 0 spiro atoms. The summed E-state index contributed by atoms with van der Waals surface area (Å²) < 4.78 is 25.1. The summed E-state index contributed by atoms with van der Waals surface area (Å²) in [5.41, 5.74) is 0.406. The standard InChI is InChI=1S/C18H17ClFNO3/c19-12-7-8-16(15(20)10-12)21-18(22)14-5-1-2-6-17(14)24-11-13-4-3-9-23-13/h1-2,5-8,10,13H,3-4,9,11H2,(H,21,22). The average molecular weight is 350 g/mol. The Hall–Kier alpha value is -2.11. The maximum atomic E-state index is 13.8. The second kappa shape index (κ2) is 7.64. The Morgan fingerprint density at radius 3 is 2.92 bits per heavy atom. The van der Waals surface area contributed by atoms with Gasteiger partial charge in [-0.2, -0.15) is 0 Å². The molecule has 2 aromatic rings. The summed E-state index contributed by atoms with van der Waals surface area (Å²) in [7, 11) is 0. The Morgan fingerprint density at radius 2 is 2.17 bits per heavy atom. The highest BCUT2D eigenvalue weighted by atomic mass is 35.5. The number of para-hydroxylation sites is 1. The zero-order valence-electron chi connectivity index (χ0n) is 12.9. The summed E-state index contributed by atoms with van der Waals surface area (Å²) in [5.74, 6) is -0.590. The highest BCUT2D eigenvalue weighted by molar-refractivity contribution is 6.30. The second-order valence-electron chi connectivity index (χ2n) is 5.52. The van der Waals surface area contributed by atoms with E-state index < -0.39 is 11.7 Å². The van der Waals surface area contributed by atoms with Crippen molar-refractivity contribution >= 4 is 23.2 Å². The Balaban J connectivity index is 1.72. The molecule has 1 heterocycles. The molecule has 0 aliphatic carbocycles. The third-order valence-corrected chi connectivity index (χ3v) is 3.99. The predicted octanol–water partition coefficient (Wildman–Crippen LogP) is 4.29. The van der Waals surface area contributed by atoms with Crippen LogP contribution < -0.4 is 10.1 Å². The Kier molecular flexibility index (Phi) is 5.33. The minimum atomic E-state index is -0.589. The summed E-state index contributed by atoms with van der Waals surface area (Å²) in [6.45, 7) is 1.13. The lowest BCUT2D eigenvalue weighted by Crippen LogP contribution is -2.19. The molecule has 1 aliphatic heterocycles. The van der Waals surface area contributed by atoms with E-state index in [0.717, 1.165) is 25.5 Å². The summed E-state index contributed by atoms with van der Waals surface area (Å²) in [6, 6.07) is 10.9. The Labute approximate surface area is 144 Å². The SMILES string of the molecule is O=C(Nc1ccc(Cl)cc1F)c1ccccc1OCC1CCCO1. The molecule has 0 radical (unpaired) electrons. The van der Waals surface area contributed by atoms with Gasteiger partial charge in [0, 0.05) is 11.6 Å². The molecular formula is C18H17ClFNO3. The molecule has 1 aliphatic rings. The number of benzene rings is 2. The van der Waals surface area contributed by atoms with E-state index in [4.69, 9.17) is 21.1 Å². The van der Waals surface area contributed by atoms with Gasteiger partial charge in [0.25, 0.3) is 5.91 Å². The average Bonchev–Trinajstić information content (AvgIpc) is 3.09. The number of amides is 1. The summed E-state index contributed by atoms with van der Waals surface area (Å²) >= 11 is 5.71. The largest absolute Gasteiger partial charge is 0.490 e. The van der Waals surface area contributed by atoms with Gasteiger partial charge in [-0.1, -0.05) is 23.7 Å². The van der Waals surface area contributed by atoms with Gasteiger partial charge < -0.3 is 14.8 Å². The van der Waals surface area contributed by atoms with Crippen LogP contribution in [0.2, 0.25) is 5.02 Å². The van der Waals surface area contributed by atoms with Crippen LogP contribution in [0.25, 0.3) is 0 Å². The van der Waals surface area contributed by atoms with Gasteiger partial charge in [0.1, 0.15) is 18.2 Å². The molecule has 24 heavy (non-hydrogen) atoms. The van der Waals surface area contributed by atoms with Gasteiger partial charge in [-0.3, -0.25) is 4.79 Å². The van der Waals surface area contributed by atoms with E-state index in [2.05, 4.69) is 5.32 Å². The molecule has 1 unspecified atom stereocenters. The summed E-state index contributed by atoms with van der Waals surface area (Å²) in [4.78, 5) is 12.4. The monoisotopic (exact) mass is 349 g/mol. The highest BCUT2D eigenvalue weighted by Crippen LogP contribution is 2.23. The van der Waals surface area contributed by atoms with Crippen molar-refractivity contribution in [3.8, 4) is 5.75 Å². The van der Waals surface area contributed by atoms with Crippen LogP contribution in [-0.2, 0) is 4.74 Å². The van der Waals surface area contributed by atoms with Gasteiger partial charge in [-0.15, -0.1) is 0 Å². The fourth-order valence-corrected chi connectivity index (χ4v) is 2.68. The second-order valence-corrected chi connectivity index (χ2v) is 5.96. The van der Waals surface area contributed by atoms with Gasteiger partial charge in [-0.25, -0.2) is 4.39 Å². The normalized spacial score (nSPS) is 16.8. The minimum Gasteiger partial charge on any atom is -0.490 e. The molecule has 1 fully saturated rings. The van der Waals surface area contributed by atoms with E-state index in [-0.39, 0.29) is 16.8 Å². The predicted molar refractivity (Wildman–Crippen MR) is 90.3 cm³/mol. The molecule has 126 valence electrons. The third-order valence-electron chi connectivity index (χ3n) is 3.76. The third kappa shape index (κ3) is 4.04. The Morgan fingerprint density at radius 1 is 1.33 bits per heavy atom. The number of anilines is 1. The van der Waals surface area contributed by atoms with E-state index in [1.54, 1.807) is 24.3 Å². The van der Waals surface area contributed by atoms with Crippen molar-refractivity contribution < 1.29 is 18.7 Å². The number of hydrogen-bond donors (Lipinski definition) is 1. The molecule has 1 saturated heterocycles. The molecule has 0 aromatic heterocycles. The van der Waals surface area contributed by atoms with Crippen molar-refractivity contribution in [3.63, 3.8) is 0 Å². The van der Waals surface area contributed by atoms with Crippen LogP contribution in [0.1, 0.15) is 23.2 Å². The van der Waals surface area contributed by atoms with Crippen molar-refractivity contribution in [1.29, 1.82) is 0 Å². The van der Waals surface area contributed by atoms with Crippen molar-refractivity contribution in [1.82, 2.24) is 0 Å². The molecule has 3 rings (SSSR count). The molecule has 0 saturated carbocycles. The first-order chi connectivity index (χ1) is 11.6. The van der Waals surface area contributed by atoms with E-state index in [1.165, 1.54) is 12.1 Å². The zero-order chi connectivity index (χ0) is 16.9. The van der Waals surface area contributed by atoms with Crippen LogP contribution >= 0.6 is 11.6 Å². The molecule has 1 amide bonds.